The second-order valence-electron chi connectivity index (χ2n) is 5.49. The van der Waals surface area contributed by atoms with Crippen LogP contribution in [0.1, 0.15) is 33.6 Å². The first-order valence-corrected chi connectivity index (χ1v) is 6.23. The van der Waals surface area contributed by atoms with Crippen molar-refractivity contribution in [2.45, 2.75) is 38.9 Å². The fourth-order valence-corrected chi connectivity index (χ4v) is 4.52. The molecule has 0 heterocycles. The van der Waals surface area contributed by atoms with Crippen molar-refractivity contribution >= 4 is 22.7 Å². The normalized spacial score (nSPS) is 42.2. The third-order valence-corrected chi connectivity index (χ3v) is 5.96. The molecule has 0 spiro atoms. The van der Waals surface area contributed by atoms with Crippen LogP contribution in [0.5, 0.6) is 0 Å². The van der Waals surface area contributed by atoms with Crippen LogP contribution in [0, 0.1) is 22.2 Å². The molecule has 3 nitrogen and oxygen atoms in total. The zero-order chi connectivity index (χ0) is 11.4. The average Bonchev–Trinajstić information content (AvgIpc) is 2.39. The van der Waals surface area contributed by atoms with E-state index in [1.165, 1.54) is 11.8 Å². The molecule has 2 bridgehead atoms. The average molecular weight is 226 g/mol. The number of rotatable bonds is 1. The van der Waals surface area contributed by atoms with E-state index in [0.29, 0.717) is 5.78 Å². The molecule has 4 heteroatoms. The number of nitrogens with one attached hydrogen (secondary N) is 1. The van der Waals surface area contributed by atoms with Crippen LogP contribution in [0.4, 0.5) is 0 Å². The number of carbonyl (C=O) groups excluding carboxylic acids is 1. The summed E-state index contributed by atoms with van der Waals surface area (Å²) in [6.07, 6.45) is 2.10. The van der Waals surface area contributed by atoms with Crippen molar-refractivity contribution in [3.05, 3.63) is 0 Å². The van der Waals surface area contributed by atoms with Crippen LogP contribution in [-0.2, 0) is 4.79 Å². The standard InChI is InChI=1S/C11H18N2OS/c1-10(2)6-4-5-11(10,3)8(7(6)14)15-9(12)13/h6,8H,4-5H2,1-3H3,(H3,12,13)/t6-,8-,11-/m0/s1. The molecular weight excluding hydrogens is 208 g/mol. The van der Waals surface area contributed by atoms with Gasteiger partial charge in [0.1, 0.15) is 5.78 Å². The maximum atomic E-state index is 12.2. The predicted molar refractivity (Wildman–Crippen MR) is 62.9 cm³/mol. The number of hydrogen-bond donors (Lipinski definition) is 2. The van der Waals surface area contributed by atoms with Gasteiger partial charge in [-0.2, -0.15) is 0 Å². The Labute approximate surface area is 94.7 Å². The van der Waals surface area contributed by atoms with Gasteiger partial charge in [-0.25, -0.2) is 0 Å². The summed E-state index contributed by atoms with van der Waals surface area (Å²) in [5.41, 5.74) is 5.49. The minimum absolute atomic E-state index is 0.0189. The van der Waals surface area contributed by atoms with Gasteiger partial charge in [-0.1, -0.05) is 32.5 Å². The van der Waals surface area contributed by atoms with Gasteiger partial charge in [0.2, 0.25) is 0 Å². The molecule has 2 aliphatic rings. The summed E-state index contributed by atoms with van der Waals surface area (Å²) in [5, 5.41) is 7.31. The van der Waals surface area contributed by atoms with Crippen molar-refractivity contribution in [1.82, 2.24) is 0 Å². The van der Waals surface area contributed by atoms with E-state index in [9.17, 15) is 4.79 Å². The van der Waals surface area contributed by atoms with Crippen LogP contribution in [0.2, 0.25) is 0 Å². The first-order valence-electron chi connectivity index (χ1n) is 5.35. The highest BCUT2D eigenvalue weighted by Gasteiger charge is 2.66. The predicted octanol–water partition coefficient (Wildman–Crippen LogP) is 2.01. The van der Waals surface area contributed by atoms with Crippen molar-refractivity contribution in [1.29, 1.82) is 5.41 Å². The third kappa shape index (κ3) is 1.20. The maximum Gasteiger partial charge on any atom is 0.151 e. The van der Waals surface area contributed by atoms with Gasteiger partial charge in [-0.3, -0.25) is 10.2 Å². The number of Topliss-reactive ketones (excluding diaryl/α,β-unsaturated/α-hetero) is 1. The number of thioether (sulfide) groups is 1. The van der Waals surface area contributed by atoms with Crippen molar-refractivity contribution < 1.29 is 4.79 Å². The Balaban J connectivity index is 2.36. The number of ketones is 1. The molecule has 2 fully saturated rings. The molecule has 0 saturated heterocycles. The molecule has 2 aliphatic carbocycles. The summed E-state index contributed by atoms with van der Waals surface area (Å²) in [6, 6.07) is 0. The van der Waals surface area contributed by atoms with Gasteiger partial charge in [-0.15, -0.1) is 0 Å². The highest BCUT2D eigenvalue weighted by Crippen LogP contribution is 2.66. The Hall–Kier alpha value is -0.510. The fourth-order valence-electron chi connectivity index (χ4n) is 3.30. The second kappa shape index (κ2) is 3.00. The Morgan fingerprint density at radius 2 is 2.13 bits per heavy atom. The van der Waals surface area contributed by atoms with E-state index >= 15 is 0 Å². The molecule has 0 aliphatic heterocycles. The van der Waals surface area contributed by atoms with Crippen LogP contribution in [0.15, 0.2) is 0 Å². The van der Waals surface area contributed by atoms with Gasteiger partial charge in [0, 0.05) is 5.92 Å². The van der Waals surface area contributed by atoms with E-state index in [0.717, 1.165) is 12.8 Å². The van der Waals surface area contributed by atoms with E-state index in [-0.39, 0.29) is 27.2 Å². The quantitative estimate of drug-likeness (QED) is 0.531. The Morgan fingerprint density at radius 1 is 1.53 bits per heavy atom. The lowest BCUT2D eigenvalue weighted by atomic mass is 9.71. The molecule has 3 atom stereocenters. The minimum Gasteiger partial charge on any atom is -0.379 e. The number of carbonyl (C=O) groups is 1. The highest BCUT2D eigenvalue weighted by atomic mass is 32.2. The van der Waals surface area contributed by atoms with Crippen molar-refractivity contribution in [2.24, 2.45) is 22.5 Å². The molecule has 84 valence electrons. The van der Waals surface area contributed by atoms with E-state index < -0.39 is 0 Å². The van der Waals surface area contributed by atoms with Crippen LogP contribution in [-0.4, -0.2) is 16.2 Å². The van der Waals surface area contributed by atoms with Gasteiger partial charge in [0.05, 0.1) is 5.25 Å². The molecule has 0 aromatic heterocycles. The van der Waals surface area contributed by atoms with Crippen molar-refractivity contribution in [3.8, 4) is 0 Å². The fraction of sp³-hybridized carbons (Fsp3) is 0.818. The van der Waals surface area contributed by atoms with Crippen LogP contribution in [0.25, 0.3) is 0 Å². The maximum absolute atomic E-state index is 12.2. The van der Waals surface area contributed by atoms with Gasteiger partial charge in [0.25, 0.3) is 0 Å². The molecule has 0 aromatic rings. The molecule has 0 amide bonds. The molecule has 2 rings (SSSR count). The van der Waals surface area contributed by atoms with Crippen molar-refractivity contribution in [2.75, 3.05) is 0 Å². The molecular formula is C11H18N2OS. The van der Waals surface area contributed by atoms with Crippen LogP contribution >= 0.6 is 11.8 Å². The number of fused-ring (bicyclic) bond motifs is 2. The summed E-state index contributed by atoms with van der Waals surface area (Å²) in [7, 11) is 0. The Kier molecular flexibility index (Phi) is 2.20. The Bertz CT molecular complexity index is 339. The summed E-state index contributed by atoms with van der Waals surface area (Å²) in [6.45, 7) is 6.55. The van der Waals surface area contributed by atoms with E-state index in [2.05, 4.69) is 20.8 Å². The van der Waals surface area contributed by atoms with Gasteiger partial charge in [0.15, 0.2) is 5.17 Å². The van der Waals surface area contributed by atoms with E-state index in [4.69, 9.17) is 11.1 Å². The summed E-state index contributed by atoms with van der Waals surface area (Å²) in [4.78, 5) is 12.2. The van der Waals surface area contributed by atoms with Gasteiger partial charge in [-0.05, 0) is 23.7 Å². The molecule has 0 aromatic carbocycles. The van der Waals surface area contributed by atoms with Crippen LogP contribution < -0.4 is 5.73 Å². The number of amidine groups is 1. The zero-order valence-electron chi connectivity index (χ0n) is 9.46. The van der Waals surface area contributed by atoms with E-state index in [1.54, 1.807) is 0 Å². The molecule has 15 heavy (non-hydrogen) atoms. The SMILES string of the molecule is CC1(C)[C@H]2CC[C@@]1(C)[C@@H](SC(=N)N)C2=O. The second-order valence-corrected chi connectivity index (χ2v) is 6.64. The smallest absolute Gasteiger partial charge is 0.151 e. The lowest BCUT2D eigenvalue weighted by Crippen LogP contribution is -2.37. The Morgan fingerprint density at radius 3 is 2.53 bits per heavy atom. The molecule has 3 N–H and O–H groups in total. The first-order chi connectivity index (χ1) is 6.80. The van der Waals surface area contributed by atoms with Gasteiger partial charge < -0.3 is 5.73 Å². The minimum atomic E-state index is -0.0938. The highest BCUT2D eigenvalue weighted by molar-refractivity contribution is 8.14. The van der Waals surface area contributed by atoms with Gasteiger partial charge >= 0.3 is 0 Å². The van der Waals surface area contributed by atoms with Crippen molar-refractivity contribution in [3.63, 3.8) is 0 Å². The lowest BCUT2D eigenvalue weighted by molar-refractivity contribution is -0.122. The van der Waals surface area contributed by atoms with Crippen LogP contribution in [0.3, 0.4) is 0 Å². The number of nitrogens with two attached hydrogens (primary N) is 1. The largest absolute Gasteiger partial charge is 0.379 e. The number of hydrogen-bond acceptors (Lipinski definition) is 3. The molecule has 0 unspecified atom stereocenters. The summed E-state index contributed by atoms with van der Waals surface area (Å²) in [5.74, 6) is 0.494. The molecule has 0 radical (unpaired) electrons. The zero-order valence-corrected chi connectivity index (χ0v) is 10.3. The monoisotopic (exact) mass is 226 g/mol. The topological polar surface area (TPSA) is 66.9 Å². The summed E-state index contributed by atoms with van der Waals surface area (Å²) >= 11 is 1.25. The third-order valence-electron chi connectivity index (χ3n) is 4.72. The first kappa shape index (κ1) is 11.0. The summed E-state index contributed by atoms with van der Waals surface area (Å²) < 4.78 is 0. The van der Waals surface area contributed by atoms with E-state index in [1.807, 2.05) is 0 Å². The molecule has 2 saturated carbocycles. The lowest BCUT2D eigenvalue weighted by Gasteiger charge is -2.37.